The molecule has 0 aliphatic rings. The second-order valence-electron chi connectivity index (χ2n) is 13.8. The molecule has 0 radical (unpaired) electrons. The van der Waals surface area contributed by atoms with Gasteiger partial charge in [0.2, 0.25) is 11.8 Å². The van der Waals surface area contributed by atoms with Crippen molar-refractivity contribution in [2.75, 3.05) is 112 Å². The van der Waals surface area contributed by atoms with Gasteiger partial charge >= 0.3 is 11.9 Å². The van der Waals surface area contributed by atoms with Crippen molar-refractivity contribution < 1.29 is 72.1 Å². The molecule has 2 amide bonds. The van der Waals surface area contributed by atoms with Crippen molar-refractivity contribution in [1.29, 1.82) is 0 Å². The highest BCUT2D eigenvalue weighted by atomic mass is 16.6. The fourth-order valence-corrected chi connectivity index (χ4v) is 5.34. The van der Waals surface area contributed by atoms with E-state index in [1.165, 1.54) is 26.2 Å². The summed E-state index contributed by atoms with van der Waals surface area (Å²) in [6, 6.07) is -1.11. The molecule has 0 aliphatic carbocycles. The van der Waals surface area contributed by atoms with Gasteiger partial charge in [-0.05, 0) is 26.2 Å². The van der Waals surface area contributed by atoms with E-state index in [0.29, 0.717) is 112 Å². The van der Waals surface area contributed by atoms with Gasteiger partial charge in [0.25, 0.3) is 0 Å². The highest BCUT2D eigenvalue weighted by molar-refractivity contribution is 5.84. The topological polar surface area (TPSA) is 224 Å². The summed E-state index contributed by atoms with van der Waals surface area (Å²) in [5, 5.41) is 23.4. The molecular weight excluding hydrogens is 760 g/mol. The fraction of sp³-hybridized carbons (Fsp3) is 0.878. The predicted molar refractivity (Wildman–Crippen MR) is 216 cm³/mol. The molecule has 0 heterocycles. The summed E-state index contributed by atoms with van der Waals surface area (Å²) < 4.78 is 43.3. The van der Waals surface area contributed by atoms with Gasteiger partial charge in [0.15, 0.2) is 0 Å². The number of unbranched alkanes of at least 4 members (excludes halogenated alkanes) is 11. The number of carboxylic acid groups (broad SMARTS) is 2. The Hall–Kier alpha value is -2.77. The van der Waals surface area contributed by atoms with Gasteiger partial charge in [-0.15, -0.1) is 0 Å². The minimum absolute atomic E-state index is 0.00447. The molecule has 17 nitrogen and oxygen atoms in total. The Labute approximate surface area is 346 Å². The number of carbonyl (C=O) groups is 5. The van der Waals surface area contributed by atoms with Crippen LogP contribution in [0.5, 0.6) is 0 Å². The maximum atomic E-state index is 12.3. The van der Waals surface area contributed by atoms with Crippen LogP contribution in [0, 0.1) is 0 Å². The van der Waals surface area contributed by atoms with E-state index in [2.05, 4.69) is 10.6 Å². The van der Waals surface area contributed by atoms with Crippen molar-refractivity contribution in [2.45, 2.75) is 122 Å². The van der Waals surface area contributed by atoms with Crippen molar-refractivity contribution >= 4 is 29.5 Å². The molecule has 0 aromatic carbocycles. The Balaban J connectivity index is 3.48. The monoisotopic (exact) mass is 837 g/mol. The van der Waals surface area contributed by atoms with Gasteiger partial charge in [-0.25, -0.2) is 4.79 Å². The molecule has 17 heteroatoms. The Morgan fingerprint density at radius 1 is 0.414 bits per heavy atom. The van der Waals surface area contributed by atoms with Gasteiger partial charge in [-0.2, -0.15) is 0 Å². The maximum absolute atomic E-state index is 12.3. The van der Waals surface area contributed by atoms with Crippen LogP contribution in [-0.4, -0.2) is 158 Å². The van der Waals surface area contributed by atoms with Gasteiger partial charge in [-0.1, -0.05) is 64.2 Å². The Bertz CT molecular complexity index is 1000. The summed E-state index contributed by atoms with van der Waals surface area (Å²) in [5.74, 6) is -2.40. The number of ketones is 1. The molecule has 0 spiro atoms. The van der Waals surface area contributed by atoms with Crippen LogP contribution in [0.3, 0.4) is 0 Å². The second kappa shape index (κ2) is 43.8. The summed E-state index contributed by atoms with van der Waals surface area (Å²) in [5.41, 5.74) is 0. The van der Waals surface area contributed by atoms with E-state index < -0.39 is 18.0 Å². The maximum Gasteiger partial charge on any atom is 0.326 e. The van der Waals surface area contributed by atoms with E-state index in [1.54, 1.807) is 0 Å². The third-order valence-electron chi connectivity index (χ3n) is 8.61. The first-order valence-electron chi connectivity index (χ1n) is 21.3. The standard InChI is InChI=1S/C41H76N2O15/c1-36(44)18-20-51-22-24-53-26-28-55-30-32-57-34-35-58-33-31-56-29-27-54-25-23-52-21-19-42-38(45)17-16-37(41(49)50)43-39(46)14-12-10-8-6-4-2-3-5-7-9-11-13-15-40(47)48/h37H,2-35H2,1H3,(H,42,45)(H,43,46)(H,47,48)(H,49,50). The van der Waals surface area contributed by atoms with Crippen molar-refractivity contribution in [3.05, 3.63) is 0 Å². The molecule has 0 aliphatic heterocycles. The lowest BCUT2D eigenvalue weighted by Gasteiger charge is -2.14. The van der Waals surface area contributed by atoms with Gasteiger partial charge in [0.05, 0.1) is 106 Å². The molecule has 0 bridgehead atoms. The SMILES string of the molecule is CC(=O)CCOCCOCCOCCOCCOCCOCCOCCOCCNC(=O)CCC(NC(=O)CCCCCCCCCCCCCCC(=O)O)C(=O)O. The van der Waals surface area contributed by atoms with E-state index in [1.807, 2.05) is 0 Å². The molecule has 340 valence electrons. The van der Waals surface area contributed by atoms with Crippen molar-refractivity contribution in [3.8, 4) is 0 Å². The number of carbonyl (C=O) groups excluding carboxylic acids is 3. The van der Waals surface area contributed by atoms with Crippen LogP contribution in [0.2, 0.25) is 0 Å². The largest absolute Gasteiger partial charge is 0.481 e. The van der Waals surface area contributed by atoms with Crippen LogP contribution in [0.1, 0.15) is 116 Å². The Morgan fingerprint density at radius 3 is 1.12 bits per heavy atom. The van der Waals surface area contributed by atoms with Crippen molar-refractivity contribution in [2.24, 2.45) is 0 Å². The van der Waals surface area contributed by atoms with Gasteiger partial charge in [-0.3, -0.25) is 19.2 Å². The number of hydrogen-bond acceptors (Lipinski definition) is 13. The lowest BCUT2D eigenvalue weighted by atomic mass is 10.0. The first-order chi connectivity index (χ1) is 28.2. The van der Waals surface area contributed by atoms with Gasteiger partial charge < -0.3 is 58.7 Å². The molecule has 0 aromatic heterocycles. The molecule has 0 saturated carbocycles. The summed E-state index contributed by atoms with van der Waals surface area (Å²) in [4.78, 5) is 57.4. The number of nitrogens with one attached hydrogen (secondary N) is 2. The van der Waals surface area contributed by atoms with E-state index in [-0.39, 0.29) is 56.4 Å². The summed E-state index contributed by atoms with van der Waals surface area (Å²) in [6.45, 7) is 8.68. The number of amides is 2. The number of hydrogen-bond donors (Lipinski definition) is 4. The Kier molecular flexibility index (Phi) is 41.7. The summed E-state index contributed by atoms with van der Waals surface area (Å²) in [7, 11) is 0. The average molecular weight is 837 g/mol. The smallest absolute Gasteiger partial charge is 0.326 e. The van der Waals surface area contributed by atoms with E-state index in [4.69, 9.17) is 43.0 Å². The molecule has 4 N–H and O–H groups in total. The number of carboxylic acids is 2. The molecule has 0 rings (SSSR count). The molecule has 0 fully saturated rings. The third-order valence-corrected chi connectivity index (χ3v) is 8.61. The van der Waals surface area contributed by atoms with Crippen LogP contribution in [0.15, 0.2) is 0 Å². The minimum Gasteiger partial charge on any atom is -0.481 e. The summed E-state index contributed by atoms with van der Waals surface area (Å²) >= 11 is 0. The number of aliphatic carboxylic acids is 2. The van der Waals surface area contributed by atoms with Gasteiger partial charge in [0, 0.05) is 32.2 Å². The van der Waals surface area contributed by atoms with Crippen molar-refractivity contribution in [1.82, 2.24) is 10.6 Å². The number of rotatable bonds is 47. The average Bonchev–Trinajstić information content (AvgIpc) is 3.18. The van der Waals surface area contributed by atoms with E-state index >= 15 is 0 Å². The predicted octanol–water partition coefficient (Wildman–Crippen LogP) is 4.11. The van der Waals surface area contributed by atoms with Crippen LogP contribution in [-0.2, 0) is 61.9 Å². The number of Topliss-reactive ketones (excluding diaryl/α,β-unsaturated/α-hetero) is 1. The highest BCUT2D eigenvalue weighted by Gasteiger charge is 2.20. The Morgan fingerprint density at radius 2 is 0.759 bits per heavy atom. The van der Waals surface area contributed by atoms with Gasteiger partial charge in [0.1, 0.15) is 11.8 Å². The second-order valence-corrected chi connectivity index (χ2v) is 13.8. The lowest BCUT2D eigenvalue weighted by molar-refractivity contribution is -0.142. The number of ether oxygens (including phenoxy) is 8. The first-order valence-corrected chi connectivity index (χ1v) is 21.3. The molecule has 1 atom stereocenters. The highest BCUT2D eigenvalue weighted by Crippen LogP contribution is 2.13. The molecule has 0 saturated heterocycles. The fourth-order valence-electron chi connectivity index (χ4n) is 5.34. The molecule has 1 unspecified atom stereocenters. The zero-order valence-electron chi connectivity index (χ0n) is 35.3. The van der Waals surface area contributed by atoms with Crippen LogP contribution in [0.25, 0.3) is 0 Å². The summed E-state index contributed by atoms with van der Waals surface area (Å²) in [6.07, 6.45) is 13.4. The normalized spacial score (nSPS) is 11.7. The minimum atomic E-state index is -1.16. The zero-order chi connectivity index (χ0) is 42.6. The van der Waals surface area contributed by atoms with Crippen LogP contribution < -0.4 is 10.6 Å². The van der Waals surface area contributed by atoms with Crippen molar-refractivity contribution in [3.63, 3.8) is 0 Å². The molecular formula is C41H76N2O15. The quantitative estimate of drug-likeness (QED) is 0.0634. The van der Waals surface area contributed by atoms with Crippen LogP contribution >= 0.6 is 0 Å². The van der Waals surface area contributed by atoms with E-state index in [0.717, 1.165) is 51.4 Å². The third kappa shape index (κ3) is 44.3. The van der Waals surface area contributed by atoms with E-state index in [9.17, 15) is 29.1 Å². The zero-order valence-corrected chi connectivity index (χ0v) is 35.3. The lowest BCUT2D eigenvalue weighted by Crippen LogP contribution is -2.41. The van der Waals surface area contributed by atoms with Crippen LogP contribution in [0.4, 0.5) is 0 Å². The first kappa shape index (κ1) is 55.2. The molecule has 58 heavy (non-hydrogen) atoms. The molecule has 0 aromatic rings.